The fraction of sp³-hybridized carbons (Fsp3) is 0.474. The summed E-state index contributed by atoms with van der Waals surface area (Å²) in [6.45, 7) is 2.63. The van der Waals surface area contributed by atoms with E-state index in [1.54, 1.807) is 25.0 Å². The minimum Gasteiger partial charge on any atom is -0.483 e. The molecule has 2 N–H and O–H groups in total. The number of rotatable bonds is 6. The molecule has 1 atom stereocenters. The fourth-order valence-electron chi connectivity index (χ4n) is 3.09. The van der Waals surface area contributed by atoms with E-state index in [9.17, 15) is 4.79 Å². The molecule has 7 nitrogen and oxygen atoms in total. The number of hydrogen-bond acceptors (Lipinski definition) is 5. The summed E-state index contributed by atoms with van der Waals surface area (Å²) in [6, 6.07) is 4.47. The molecule has 0 spiro atoms. The molecule has 0 saturated carbocycles. The van der Waals surface area contributed by atoms with Gasteiger partial charge in [-0.1, -0.05) is 0 Å². The molecule has 1 aromatic carbocycles. The van der Waals surface area contributed by atoms with E-state index in [1.165, 1.54) is 4.90 Å². The van der Waals surface area contributed by atoms with Gasteiger partial charge in [0.1, 0.15) is 5.75 Å². The highest BCUT2D eigenvalue weighted by Crippen LogP contribution is 2.40. The quantitative estimate of drug-likeness (QED) is 0.822. The van der Waals surface area contributed by atoms with Gasteiger partial charge in [-0.2, -0.15) is 5.10 Å². The smallest absolute Gasteiger partial charge is 0.259 e. The summed E-state index contributed by atoms with van der Waals surface area (Å²) >= 11 is 0. The monoisotopic (exact) mass is 358 g/mol. The number of benzene rings is 1. The van der Waals surface area contributed by atoms with Gasteiger partial charge in [0.2, 0.25) is 0 Å². The third kappa shape index (κ3) is 3.83. The summed E-state index contributed by atoms with van der Waals surface area (Å²) in [6.07, 6.45) is 5.56. The molecule has 1 aliphatic rings. The molecule has 140 valence electrons. The molecule has 2 heterocycles. The van der Waals surface area contributed by atoms with Crippen LogP contribution in [0.2, 0.25) is 0 Å². The number of aliphatic hydroxyl groups is 1. The van der Waals surface area contributed by atoms with E-state index in [0.29, 0.717) is 12.6 Å². The Morgan fingerprint density at radius 3 is 3.00 bits per heavy atom. The molecule has 3 rings (SSSR count). The van der Waals surface area contributed by atoms with Crippen LogP contribution in [0.15, 0.2) is 24.5 Å². The lowest BCUT2D eigenvalue weighted by Crippen LogP contribution is -2.28. The zero-order chi connectivity index (χ0) is 18.7. The van der Waals surface area contributed by atoms with E-state index >= 15 is 0 Å². The Hall–Kier alpha value is -2.54. The van der Waals surface area contributed by atoms with Crippen molar-refractivity contribution < 1.29 is 14.6 Å². The van der Waals surface area contributed by atoms with Gasteiger partial charge in [-0.15, -0.1) is 0 Å². The van der Waals surface area contributed by atoms with Gasteiger partial charge < -0.3 is 20.1 Å². The summed E-state index contributed by atoms with van der Waals surface area (Å²) < 4.78 is 7.70. The first-order valence-corrected chi connectivity index (χ1v) is 8.88. The Kier molecular flexibility index (Phi) is 5.46. The van der Waals surface area contributed by atoms with Crippen LogP contribution in [0.25, 0.3) is 11.1 Å². The Bertz CT molecular complexity index is 785. The number of nitrogens with one attached hydrogen (secondary N) is 1. The van der Waals surface area contributed by atoms with Gasteiger partial charge in [0.05, 0.1) is 19.3 Å². The van der Waals surface area contributed by atoms with E-state index in [4.69, 9.17) is 9.84 Å². The van der Waals surface area contributed by atoms with Crippen LogP contribution in [-0.4, -0.2) is 59.0 Å². The van der Waals surface area contributed by atoms with Gasteiger partial charge in [0, 0.05) is 48.7 Å². The SMILES string of the molecule is CC1CCc2c(ccc(-c3cnn(CCO)c3)c2OCC(=O)N(C)C)N1. The predicted molar refractivity (Wildman–Crippen MR) is 100 cm³/mol. The zero-order valence-electron chi connectivity index (χ0n) is 15.5. The normalized spacial score (nSPS) is 15.9. The molecule has 2 aromatic rings. The number of aliphatic hydroxyl groups excluding tert-OH is 1. The fourth-order valence-corrected chi connectivity index (χ4v) is 3.09. The molecular weight excluding hydrogens is 332 g/mol. The molecule has 0 fully saturated rings. The van der Waals surface area contributed by atoms with Crippen molar-refractivity contribution in [3.63, 3.8) is 0 Å². The third-order valence-corrected chi connectivity index (χ3v) is 4.60. The lowest BCUT2D eigenvalue weighted by Gasteiger charge is -2.27. The first-order chi connectivity index (χ1) is 12.5. The van der Waals surface area contributed by atoms with E-state index < -0.39 is 0 Å². The maximum Gasteiger partial charge on any atom is 0.259 e. The maximum absolute atomic E-state index is 12.0. The van der Waals surface area contributed by atoms with Crippen molar-refractivity contribution in [2.75, 3.05) is 32.6 Å². The molecule has 1 amide bonds. The van der Waals surface area contributed by atoms with Crippen LogP contribution in [0.1, 0.15) is 18.9 Å². The van der Waals surface area contributed by atoms with Crippen LogP contribution in [-0.2, 0) is 17.8 Å². The molecule has 0 aliphatic carbocycles. The average Bonchev–Trinajstić information content (AvgIpc) is 3.07. The lowest BCUT2D eigenvalue weighted by molar-refractivity contribution is -0.130. The number of hydrogen-bond donors (Lipinski definition) is 2. The van der Waals surface area contributed by atoms with Gasteiger partial charge in [-0.05, 0) is 31.9 Å². The van der Waals surface area contributed by atoms with Gasteiger partial charge >= 0.3 is 0 Å². The molecule has 26 heavy (non-hydrogen) atoms. The Balaban J connectivity index is 1.98. The first kappa shape index (κ1) is 18.3. The van der Waals surface area contributed by atoms with Crippen molar-refractivity contribution in [2.24, 2.45) is 0 Å². The molecule has 1 aliphatic heterocycles. The highest BCUT2D eigenvalue weighted by Gasteiger charge is 2.22. The Labute approximate surface area is 153 Å². The lowest BCUT2D eigenvalue weighted by atomic mass is 9.94. The van der Waals surface area contributed by atoms with Gasteiger partial charge in [0.15, 0.2) is 6.61 Å². The standard InChI is InChI=1S/C19H26N4O3/c1-13-4-5-16-17(21-13)7-6-15(14-10-20-23(11-14)8-9-24)19(16)26-12-18(25)22(2)3/h6-7,10-11,13,21,24H,4-5,8-9,12H2,1-3H3. The summed E-state index contributed by atoms with van der Waals surface area (Å²) in [7, 11) is 3.43. The number of carbonyl (C=O) groups is 1. The second kappa shape index (κ2) is 7.78. The minimum absolute atomic E-state index is 0.00319. The number of carbonyl (C=O) groups excluding carboxylic acids is 1. The third-order valence-electron chi connectivity index (χ3n) is 4.60. The minimum atomic E-state index is -0.0818. The van der Waals surface area contributed by atoms with Crippen LogP contribution < -0.4 is 10.1 Å². The number of nitrogens with zero attached hydrogens (tertiary/aromatic N) is 3. The van der Waals surface area contributed by atoms with E-state index in [2.05, 4.69) is 23.4 Å². The van der Waals surface area contributed by atoms with Gasteiger partial charge in [-0.3, -0.25) is 9.48 Å². The maximum atomic E-state index is 12.0. The summed E-state index contributed by atoms with van der Waals surface area (Å²) in [5.41, 5.74) is 3.98. The van der Waals surface area contributed by atoms with Crippen LogP contribution in [0.4, 0.5) is 5.69 Å². The number of likely N-dealkylation sites (N-methyl/N-ethyl adjacent to an activating group) is 1. The van der Waals surface area contributed by atoms with E-state index in [0.717, 1.165) is 41.0 Å². The topological polar surface area (TPSA) is 79.6 Å². The van der Waals surface area contributed by atoms with E-state index in [-0.39, 0.29) is 19.1 Å². The van der Waals surface area contributed by atoms with Crippen LogP contribution in [0.3, 0.4) is 0 Å². The largest absolute Gasteiger partial charge is 0.483 e. The molecule has 7 heteroatoms. The van der Waals surface area contributed by atoms with Gasteiger partial charge in [-0.25, -0.2) is 0 Å². The number of ether oxygens (including phenoxy) is 1. The summed E-state index contributed by atoms with van der Waals surface area (Å²) in [5, 5.41) is 16.9. The molecule has 0 radical (unpaired) electrons. The average molecular weight is 358 g/mol. The van der Waals surface area contributed by atoms with Crippen molar-refractivity contribution in [1.82, 2.24) is 14.7 Å². The number of amides is 1. The summed E-state index contributed by atoms with van der Waals surface area (Å²) in [4.78, 5) is 13.5. The highest BCUT2D eigenvalue weighted by atomic mass is 16.5. The predicted octanol–water partition coefficient (Wildman–Crippen LogP) is 1.76. The number of anilines is 1. The van der Waals surface area contributed by atoms with Crippen LogP contribution >= 0.6 is 0 Å². The molecule has 1 aromatic heterocycles. The van der Waals surface area contributed by atoms with Crippen molar-refractivity contribution >= 4 is 11.6 Å². The molecule has 0 bridgehead atoms. The molecule has 1 unspecified atom stereocenters. The highest BCUT2D eigenvalue weighted by molar-refractivity contribution is 5.80. The summed E-state index contributed by atoms with van der Waals surface area (Å²) in [5.74, 6) is 0.655. The number of fused-ring (bicyclic) bond motifs is 1. The van der Waals surface area contributed by atoms with Crippen molar-refractivity contribution in [2.45, 2.75) is 32.4 Å². The van der Waals surface area contributed by atoms with Crippen molar-refractivity contribution in [3.8, 4) is 16.9 Å². The van der Waals surface area contributed by atoms with Crippen LogP contribution in [0.5, 0.6) is 5.75 Å². The second-order valence-electron chi connectivity index (χ2n) is 6.84. The van der Waals surface area contributed by atoms with Gasteiger partial charge in [0.25, 0.3) is 5.91 Å². The number of aromatic nitrogens is 2. The Morgan fingerprint density at radius 1 is 1.46 bits per heavy atom. The van der Waals surface area contributed by atoms with Crippen molar-refractivity contribution in [3.05, 3.63) is 30.1 Å². The molecular formula is C19H26N4O3. The molecule has 0 saturated heterocycles. The second-order valence-corrected chi connectivity index (χ2v) is 6.84. The van der Waals surface area contributed by atoms with Crippen LogP contribution in [0, 0.1) is 0 Å². The van der Waals surface area contributed by atoms with Crippen molar-refractivity contribution in [1.29, 1.82) is 0 Å². The zero-order valence-corrected chi connectivity index (χ0v) is 15.5. The Morgan fingerprint density at radius 2 is 2.27 bits per heavy atom. The first-order valence-electron chi connectivity index (χ1n) is 8.88. The van der Waals surface area contributed by atoms with E-state index in [1.807, 2.05) is 12.3 Å².